The summed E-state index contributed by atoms with van der Waals surface area (Å²) in [5.74, 6) is 0.812. The van der Waals surface area contributed by atoms with Crippen LogP contribution in [0.4, 0.5) is 0 Å². The molecule has 2 bridgehead atoms. The van der Waals surface area contributed by atoms with Gasteiger partial charge in [-0.3, -0.25) is 4.90 Å². The van der Waals surface area contributed by atoms with Crippen LogP contribution in [0.3, 0.4) is 0 Å². The molecule has 0 aliphatic carbocycles. The van der Waals surface area contributed by atoms with E-state index in [9.17, 15) is 0 Å². The van der Waals surface area contributed by atoms with Crippen LogP contribution in [0.15, 0.2) is 0 Å². The maximum atomic E-state index is 3.57. The number of fused-ring (bicyclic) bond motifs is 2. The van der Waals surface area contributed by atoms with Crippen LogP contribution in [-0.2, 0) is 0 Å². The first-order chi connectivity index (χ1) is 8.74. The third-order valence-electron chi connectivity index (χ3n) is 5.45. The summed E-state index contributed by atoms with van der Waals surface area (Å²) in [6, 6.07) is 2.60. The van der Waals surface area contributed by atoms with Crippen molar-refractivity contribution in [1.29, 1.82) is 0 Å². The predicted molar refractivity (Wildman–Crippen MR) is 75.8 cm³/mol. The molecule has 1 N–H and O–H groups in total. The van der Waals surface area contributed by atoms with Gasteiger partial charge in [-0.05, 0) is 45.2 Å². The van der Waals surface area contributed by atoms with E-state index in [1.54, 1.807) is 0 Å². The predicted octanol–water partition coefficient (Wildman–Crippen LogP) is 1.54. The Morgan fingerprint density at radius 2 is 1.78 bits per heavy atom. The number of hydrogen-bond donors (Lipinski definition) is 1. The van der Waals surface area contributed by atoms with Crippen molar-refractivity contribution in [1.82, 2.24) is 15.1 Å². The van der Waals surface area contributed by atoms with Crippen LogP contribution >= 0.6 is 0 Å². The van der Waals surface area contributed by atoms with Gasteiger partial charge in [0.25, 0.3) is 0 Å². The first-order valence-corrected chi connectivity index (χ1v) is 7.90. The molecule has 3 nitrogen and oxygen atoms in total. The van der Waals surface area contributed by atoms with E-state index in [2.05, 4.69) is 29.1 Å². The highest BCUT2D eigenvalue weighted by Gasteiger charge is 2.38. The summed E-state index contributed by atoms with van der Waals surface area (Å²) in [6.45, 7) is 7.35. The minimum absolute atomic E-state index is 0.812. The second-order valence-corrected chi connectivity index (χ2v) is 6.83. The van der Waals surface area contributed by atoms with Crippen LogP contribution in [0.2, 0.25) is 0 Å². The van der Waals surface area contributed by atoms with Crippen molar-refractivity contribution in [2.24, 2.45) is 5.92 Å². The fourth-order valence-electron chi connectivity index (χ4n) is 4.34. The van der Waals surface area contributed by atoms with Gasteiger partial charge in [-0.15, -0.1) is 0 Å². The van der Waals surface area contributed by atoms with Crippen LogP contribution in [0.5, 0.6) is 0 Å². The Hall–Kier alpha value is -0.120. The normalized spacial score (nSPS) is 43.7. The lowest BCUT2D eigenvalue weighted by Crippen LogP contribution is -2.56. The molecule has 3 saturated heterocycles. The maximum absolute atomic E-state index is 3.57. The lowest BCUT2D eigenvalue weighted by atomic mass is 9.81. The largest absolute Gasteiger partial charge is 0.315 e. The Kier molecular flexibility index (Phi) is 3.92. The Balaban J connectivity index is 1.65. The van der Waals surface area contributed by atoms with E-state index in [-0.39, 0.29) is 0 Å². The van der Waals surface area contributed by atoms with Crippen molar-refractivity contribution >= 4 is 0 Å². The fraction of sp³-hybridized carbons (Fsp3) is 1.00. The number of rotatable bonds is 1. The van der Waals surface area contributed by atoms with Gasteiger partial charge in [0.05, 0.1) is 0 Å². The summed E-state index contributed by atoms with van der Waals surface area (Å²) in [7, 11) is 2.36. The zero-order valence-corrected chi connectivity index (χ0v) is 12.1. The number of nitrogens with one attached hydrogen (secondary N) is 1. The Morgan fingerprint density at radius 1 is 1.06 bits per heavy atom. The zero-order chi connectivity index (χ0) is 12.5. The smallest absolute Gasteiger partial charge is 0.0126 e. The number of piperidine rings is 2. The third kappa shape index (κ3) is 2.59. The lowest BCUT2D eigenvalue weighted by Gasteiger charge is -2.49. The van der Waals surface area contributed by atoms with E-state index in [1.165, 1.54) is 58.3 Å². The fourth-order valence-corrected chi connectivity index (χ4v) is 4.34. The summed E-state index contributed by atoms with van der Waals surface area (Å²) in [5.41, 5.74) is 0. The molecule has 0 radical (unpaired) electrons. The molecule has 3 aliphatic heterocycles. The van der Waals surface area contributed by atoms with E-state index in [1.807, 2.05) is 0 Å². The van der Waals surface area contributed by atoms with Crippen molar-refractivity contribution < 1.29 is 0 Å². The van der Waals surface area contributed by atoms with Crippen LogP contribution in [0.25, 0.3) is 0 Å². The number of hydrogen-bond acceptors (Lipinski definition) is 3. The van der Waals surface area contributed by atoms with Crippen molar-refractivity contribution in [3.63, 3.8) is 0 Å². The molecule has 3 unspecified atom stereocenters. The van der Waals surface area contributed by atoms with Crippen LogP contribution in [-0.4, -0.2) is 61.2 Å². The number of nitrogens with zero attached hydrogens (tertiary/aromatic N) is 2. The van der Waals surface area contributed by atoms with E-state index in [0.717, 1.165) is 24.0 Å². The van der Waals surface area contributed by atoms with Gasteiger partial charge in [-0.2, -0.15) is 0 Å². The molecule has 18 heavy (non-hydrogen) atoms. The molecule has 0 aromatic carbocycles. The highest BCUT2D eigenvalue weighted by Crippen LogP contribution is 2.34. The molecule has 3 aliphatic rings. The molecule has 0 spiro atoms. The van der Waals surface area contributed by atoms with Crippen LogP contribution < -0.4 is 5.32 Å². The third-order valence-corrected chi connectivity index (χ3v) is 5.45. The summed E-state index contributed by atoms with van der Waals surface area (Å²) in [6.07, 6.45) is 7.17. The van der Waals surface area contributed by atoms with Crippen molar-refractivity contribution in [2.45, 2.75) is 57.2 Å². The first kappa shape index (κ1) is 12.9. The van der Waals surface area contributed by atoms with Gasteiger partial charge in [0, 0.05) is 37.8 Å². The van der Waals surface area contributed by atoms with Gasteiger partial charge in [0.15, 0.2) is 0 Å². The second-order valence-electron chi connectivity index (χ2n) is 6.83. The van der Waals surface area contributed by atoms with E-state index >= 15 is 0 Å². The van der Waals surface area contributed by atoms with Gasteiger partial charge in [-0.1, -0.05) is 13.3 Å². The van der Waals surface area contributed by atoms with Crippen molar-refractivity contribution in [2.75, 3.05) is 33.2 Å². The molecule has 104 valence electrons. The quantitative estimate of drug-likeness (QED) is 0.763. The van der Waals surface area contributed by atoms with E-state index in [4.69, 9.17) is 0 Å². The molecule has 3 rings (SSSR count). The topological polar surface area (TPSA) is 18.5 Å². The van der Waals surface area contributed by atoms with Crippen molar-refractivity contribution in [3.8, 4) is 0 Å². The molecule has 3 atom stereocenters. The van der Waals surface area contributed by atoms with Crippen LogP contribution in [0, 0.1) is 5.92 Å². The zero-order valence-electron chi connectivity index (χ0n) is 12.1. The summed E-state index contributed by atoms with van der Waals surface area (Å²) < 4.78 is 0. The summed E-state index contributed by atoms with van der Waals surface area (Å²) in [4.78, 5) is 5.47. The van der Waals surface area contributed by atoms with E-state index in [0.29, 0.717) is 0 Å². The van der Waals surface area contributed by atoms with Gasteiger partial charge < -0.3 is 10.2 Å². The minimum Gasteiger partial charge on any atom is -0.315 e. The monoisotopic (exact) mass is 251 g/mol. The molecule has 0 aromatic rings. The summed E-state index contributed by atoms with van der Waals surface area (Å²) in [5, 5.41) is 3.57. The molecule has 3 heteroatoms. The average Bonchev–Trinajstić information content (AvgIpc) is 2.53. The van der Waals surface area contributed by atoms with Gasteiger partial charge in [-0.25, -0.2) is 0 Å². The van der Waals surface area contributed by atoms with Crippen LogP contribution in [0.1, 0.15) is 39.0 Å². The molecule has 0 aromatic heterocycles. The Labute approximate surface area is 112 Å². The molecule has 0 amide bonds. The molecular weight excluding hydrogens is 222 g/mol. The minimum atomic E-state index is 0.812. The average molecular weight is 251 g/mol. The van der Waals surface area contributed by atoms with Gasteiger partial charge >= 0.3 is 0 Å². The highest BCUT2D eigenvalue weighted by atomic mass is 15.2. The molecule has 3 heterocycles. The first-order valence-electron chi connectivity index (χ1n) is 7.90. The summed E-state index contributed by atoms with van der Waals surface area (Å²) >= 11 is 0. The van der Waals surface area contributed by atoms with Crippen molar-refractivity contribution in [3.05, 3.63) is 0 Å². The highest BCUT2D eigenvalue weighted by molar-refractivity contribution is 4.95. The standard InChI is InChI=1S/C15H29N3/c1-12-10-16-6-7-18(11-12)15-8-13-4-3-5-14(9-15)17(13)2/h12-16H,3-11H2,1-2H3. The molecule has 0 saturated carbocycles. The molecule has 3 fully saturated rings. The maximum Gasteiger partial charge on any atom is 0.0126 e. The Bertz CT molecular complexity index is 267. The van der Waals surface area contributed by atoms with E-state index < -0.39 is 0 Å². The Morgan fingerprint density at radius 3 is 2.50 bits per heavy atom. The SMILES string of the molecule is CC1CNCCN(C2CC3CCCC(C2)N3C)C1. The van der Waals surface area contributed by atoms with Gasteiger partial charge in [0.2, 0.25) is 0 Å². The van der Waals surface area contributed by atoms with Gasteiger partial charge in [0.1, 0.15) is 0 Å². The second kappa shape index (κ2) is 5.48. The lowest BCUT2D eigenvalue weighted by molar-refractivity contribution is 0.00812. The molecular formula is C15H29N3.